The van der Waals surface area contributed by atoms with Gasteiger partial charge in [0.1, 0.15) is 5.82 Å². The van der Waals surface area contributed by atoms with E-state index < -0.39 is 0 Å². The van der Waals surface area contributed by atoms with Crippen molar-refractivity contribution in [3.05, 3.63) is 42.0 Å². The maximum atomic E-state index is 5.42. The molecule has 5 heteroatoms. The molecule has 20 heavy (non-hydrogen) atoms. The standard InChI is InChI=1S/C15H19N3O2/c1-3-18(10-15-16-6-7-17(15)2)9-12-4-5-13-14(8-12)20-11-19-13/h4-8H,3,9-11H2,1-2H3. The molecule has 106 valence electrons. The Morgan fingerprint density at radius 2 is 2.10 bits per heavy atom. The van der Waals surface area contributed by atoms with Crippen molar-refractivity contribution in [3.63, 3.8) is 0 Å². The maximum absolute atomic E-state index is 5.42. The topological polar surface area (TPSA) is 39.5 Å². The summed E-state index contributed by atoms with van der Waals surface area (Å²) < 4.78 is 12.8. The summed E-state index contributed by atoms with van der Waals surface area (Å²) in [5.41, 5.74) is 1.23. The summed E-state index contributed by atoms with van der Waals surface area (Å²) in [6, 6.07) is 6.13. The number of ether oxygens (including phenoxy) is 2. The number of imidazole rings is 1. The third kappa shape index (κ3) is 2.63. The van der Waals surface area contributed by atoms with Gasteiger partial charge in [-0.1, -0.05) is 13.0 Å². The monoisotopic (exact) mass is 273 g/mol. The summed E-state index contributed by atoms with van der Waals surface area (Å²) in [5.74, 6) is 2.75. The number of benzene rings is 1. The molecule has 3 rings (SSSR count). The molecule has 0 aliphatic carbocycles. The van der Waals surface area contributed by atoms with E-state index in [1.807, 2.05) is 25.5 Å². The van der Waals surface area contributed by atoms with Crippen LogP contribution in [0.4, 0.5) is 0 Å². The van der Waals surface area contributed by atoms with E-state index in [2.05, 4.69) is 33.5 Å². The summed E-state index contributed by atoms with van der Waals surface area (Å²) in [6.07, 6.45) is 3.81. The lowest BCUT2D eigenvalue weighted by molar-refractivity contribution is 0.174. The van der Waals surface area contributed by atoms with Crippen molar-refractivity contribution in [2.24, 2.45) is 7.05 Å². The van der Waals surface area contributed by atoms with Crippen LogP contribution < -0.4 is 9.47 Å². The van der Waals surface area contributed by atoms with Crippen LogP contribution in [0.1, 0.15) is 18.3 Å². The number of nitrogens with zero attached hydrogens (tertiary/aromatic N) is 3. The van der Waals surface area contributed by atoms with Gasteiger partial charge in [-0.15, -0.1) is 0 Å². The largest absolute Gasteiger partial charge is 0.454 e. The Morgan fingerprint density at radius 1 is 1.25 bits per heavy atom. The molecule has 0 unspecified atom stereocenters. The Kier molecular flexibility index (Phi) is 3.60. The van der Waals surface area contributed by atoms with Crippen LogP contribution in [0.5, 0.6) is 11.5 Å². The van der Waals surface area contributed by atoms with Crippen LogP contribution in [-0.2, 0) is 20.1 Å². The fraction of sp³-hybridized carbons (Fsp3) is 0.400. The van der Waals surface area contributed by atoms with Crippen LogP contribution in [0.25, 0.3) is 0 Å². The van der Waals surface area contributed by atoms with Crippen LogP contribution in [0.3, 0.4) is 0 Å². The van der Waals surface area contributed by atoms with E-state index in [1.54, 1.807) is 0 Å². The van der Waals surface area contributed by atoms with E-state index in [0.717, 1.165) is 37.0 Å². The molecule has 1 aliphatic rings. The average molecular weight is 273 g/mol. The van der Waals surface area contributed by atoms with Gasteiger partial charge in [-0.3, -0.25) is 4.90 Å². The van der Waals surface area contributed by atoms with Crippen molar-refractivity contribution >= 4 is 0 Å². The molecule has 1 aromatic carbocycles. The van der Waals surface area contributed by atoms with Gasteiger partial charge in [-0.2, -0.15) is 0 Å². The first-order chi connectivity index (χ1) is 9.76. The molecule has 0 saturated carbocycles. The molecule has 0 radical (unpaired) electrons. The summed E-state index contributed by atoms with van der Waals surface area (Å²) in [4.78, 5) is 6.73. The summed E-state index contributed by atoms with van der Waals surface area (Å²) in [5, 5.41) is 0. The SMILES string of the molecule is CCN(Cc1ccc2c(c1)OCO2)Cc1nccn1C. The zero-order valence-corrected chi connectivity index (χ0v) is 11.9. The molecule has 1 aliphatic heterocycles. The lowest BCUT2D eigenvalue weighted by Crippen LogP contribution is -2.24. The predicted molar refractivity (Wildman–Crippen MR) is 75.6 cm³/mol. The van der Waals surface area contributed by atoms with Gasteiger partial charge in [-0.05, 0) is 24.2 Å². The first kappa shape index (κ1) is 13.0. The van der Waals surface area contributed by atoms with Crippen molar-refractivity contribution in [2.45, 2.75) is 20.0 Å². The second-order valence-electron chi connectivity index (χ2n) is 4.95. The van der Waals surface area contributed by atoms with E-state index in [1.165, 1.54) is 5.56 Å². The first-order valence-electron chi connectivity index (χ1n) is 6.83. The van der Waals surface area contributed by atoms with Gasteiger partial charge < -0.3 is 14.0 Å². The van der Waals surface area contributed by atoms with Crippen molar-refractivity contribution in [1.29, 1.82) is 0 Å². The highest BCUT2D eigenvalue weighted by Gasteiger charge is 2.15. The van der Waals surface area contributed by atoms with E-state index >= 15 is 0 Å². The van der Waals surface area contributed by atoms with Gasteiger partial charge in [0.25, 0.3) is 0 Å². The molecule has 0 saturated heterocycles. The third-order valence-corrected chi connectivity index (χ3v) is 3.58. The van der Waals surface area contributed by atoms with Crippen molar-refractivity contribution < 1.29 is 9.47 Å². The van der Waals surface area contributed by atoms with Gasteiger partial charge in [-0.25, -0.2) is 4.98 Å². The molecular formula is C15H19N3O2. The second kappa shape index (κ2) is 5.54. The van der Waals surface area contributed by atoms with Crippen LogP contribution in [0.15, 0.2) is 30.6 Å². The molecule has 2 heterocycles. The van der Waals surface area contributed by atoms with Gasteiger partial charge in [0, 0.05) is 26.0 Å². The average Bonchev–Trinajstić information content (AvgIpc) is 3.07. The van der Waals surface area contributed by atoms with Gasteiger partial charge in [0.15, 0.2) is 11.5 Å². The lowest BCUT2D eigenvalue weighted by Gasteiger charge is -2.20. The van der Waals surface area contributed by atoms with Gasteiger partial charge in [0.05, 0.1) is 6.54 Å². The quantitative estimate of drug-likeness (QED) is 0.837. The van der Waals surface area contributed by atoms with Crippen molar-refractivity contribution in [2.75, 3.05) is 13.3 Å². The minimum Gasteiger partial charge on any atom is -0.454 e. The van der Waals surface area contributed by atoms with Gasteiger partial charge in [0.2, 0.25) is 6.79 Å². The van der Waals surface area contributed by atoms with Crippen LogP contribution >= 0.6 is 0 Å². The molecule has 0 spiro atoms. The highest BCUT2D eigenvalue weighted by molar-refractivity contribution is 5.44. The fourth-order valence-electron chi connectivity index (χ4n) is 2.33. The molecule has 0 atom stereocenters. The molecule has 2 aromatic rings. The number of hydrogen-bond acceptors (Lipinski definition) is 4. The smallest absolute Gasteiger partial charge is 0.231 e. The fourth-order valence-corrected chi connectivity index (χ4v) is 2.33. The second-order valence-corrected chi connectivity index (χ2v) is 4.95. The highest BCUT2D eigenvalue weighted by atomic mass is 16.7. The molecule has 0 N–H and O–H groups in total. The number of aryl methyl sites for hydroxylation is 1. The molecule has 0 fully saturated rings. The van der Waals surface area contributed by atoms with Crippen molar-refractivity contribution in [3.8, 4) is 11.5 Å². The highest BCUT2D eigenvalue weighted by Crippen LogP contribution is 2.32. The molecule has 5 nitrogen and oxygen atoms in total. The van der Waals surface area contributed by atoms with Crippen LogP contribution in [-0.4, -0.2) is 27.8 Å². The number of rotatable bonds is 5. The summed E-state index contributed by atoms with van der Waals surface area (Å²) >= 11 is 0. The van der Waals surface area contributed by atoms with E-state index in [-0.39, 0.29) is 0 Å². The molecular weight excluding hydrogens is 254 g/mol. The zero-order valence-electron chi connectivity index (χ0n) is 11.9. The Hall–Kier alpha value is -2.01. The Balaban J connectivity index is 1.70. The van der Waals surface area contributed by atoms with E-state index in [9.17, 15) is 0 Å². The third-order valence-electron chi connectivity index (χ3n) is 3.58. The number of fused-ring (bicyclic) bond motifs is 1. The summed E-state index contributed by atoms with van der Waals surface area (Å²) in [6.45, 7) is 5.18. The summed E-state index contributed by atoms with van der Waals surface area (Å²) in [7, 11) is 2.02. The van der Waals surface area contributed by atoms with E-state index in [0.29, 0.717) is 6.79 Å². The Labute approximate surface area is 118 Å². The zero-order chi connectivity index (χ0) is 13.9. The first-order valence-corrected chi connectivity index (χ1v) is 6.83. The lowest BCUT2D eigenvalue weighted by atomic mass is 10.2. The molecule has 0 amide bonds. The Bertz CT molecular complexity index is 595. The molecule has 0 bridgehead atoms. The Morgan fingerprint density at radius 3 is 2.85 bits per heavy atom. The number of aromatic nitrogens is 2. The van der Waals surface area contributed by atoms with Gasteiger partial charge >= 0.3 is 0 Å². The van der Waals surface area contributed by atoms with E-state index in [4.69, 9.17) is 9.47 Å². The normalized spacial score (nSPS) is 13.2. The van der Waals surface area contributed by atoms with Crippen LogP contribution in [0, 0.1) is 0 Å². The number of hydrogen-bond donors (Lipinski definition) is 0. The minimum atomic E-state index is 0.323. The molecule has 1 aromatic heterocycles. The minimum absolute atomic E-state index is 0.323. The predicted octanol–water partition coefficient (Wildman–Crippen LogP) is 2.17. The van der Waals surface area contributed by atoms with Crippen molar-refractivity contribution in [1.82, 2.24) is 14.5 Å². The van der Waals surface area contributed by atoms with Crippen LogP contribution in [0.2, 0.25) is 0 Å². The maximum Gasteiger partial charge on any atom is 0.231 e.